The van der Waals surface area contributed by atoms with E-state index >= 15 is 0 Å². The summed E-state index contributed by atoms with van der Waals surface area (Å²) in [5.74, 6) is -0.129. The molecule has 0 fully saturated rings. The predicted molar refractivity (Wildman–Crippen MR) is 60.4 cm³/mol. The molecule has 0 spiro atoms. The van der Waals surface area contributed by atoms with E-state index in [-0.39, 0.29) is 12.3 Å². The van der Waals surface area contributed by atoms with E-state index in [9.17, 15) is 4.79 Å². The number of halogens is 2. The van der Waals surface area contributed by atoms with Crippen molar-refractivity contribution in [3.05, 3.63) is 34.5 Å². The van der Waals surface area contributed by atoms with Crippen LogP contribution in [-0.2, 0) is 4.79 Å². The Morgan fingerprint density at radius 2 is 2.50 bits per heavy atom. The third-order valence-corrected chi connectivity index (χ3v) is 2.54. The van der Waals surface area contributed by atoms with Gasteiger partial charge in [-0.15, -0.1) is 6.58 Å². The molecule has 0 radical (unpaired) electrons. The number of carbonyl (C=O) groups is 1. The van der Waals surface area contributed by atoms with Crippen molar-refractivity contribution in [3.63, 3.8) is 0 Å². The van der Waals surface area contributed by atoms with Crippen molar-refractivity contribution in [2.24, 2.45) is 0 Å². The Labute approximate surface area is 95.3 Å². The predicted octanol–water partition coefficient (Wildman–Crippen LogP) is 3.01. The van der Waals surface area contributed by atoms with Gasteiger partial charge in [-0.1, -0.05) is 17.7 Å². The van der Waals surface area contributed by atoms with Crippen LogP contribution in [0, 0.1) is 0 Å². The number of nitrogens with zero attached hydrogens (tertiary/aromatic N) is 1. The van der Waals surface area contributed by atoms with Gasteiger partial charge in [0.15, 0.2) is 0 Å². The highest BCUT2D eigenvalue weighted by atomic mass is 79.9. The molecular weight excluding hydrogens is 267 g/mol. The highest BCUT2D eigenvalue weighted by Crippen LogP contribution is 2.22. The van der Waals surface area contributed by atoms with Crippen molar-refractivity contribution in [3.8, 4) is 0 Å². The molecule has 0 aliphatic heterocycles. The molecule has 1 aromatic heterocycles. The van der Waals surface area contributed by atoms with Gasteiger partial charge in [-0.2, -0.15) is 0 Å². The minimum absolute atomic E-state index is 0.129. The van der Waals surface area contributed by atoms with E-state index in [1.165, 1.54) is 12.3 Å². The maximum absolute atomic E-state index is 11.2. The molecule has 0 aliphatic carbocycles. The van der Waals surface area contributed by atoms with Crippen molar-refractivity contribution in [1.82, 2.24) is 4.98 Å². The fourth-order valence-electron chi connectivity index (χ4n) is 0.833. The molecule has 1 amide bonds. The fourth-order valence-corrected chi connectivity index (χ4v) is 1.29. The molecule has 14 heavy (non-hydrogen) atoms. The first-order chi connectivity index (χ1) is 6.63. The van der Waals surface area contributed by atoms with Crippen LogP contribution >= 0.6 is 27.5 Å². The highest BCUT2D eigenvalue weighted by Gasteiger charge is 2.03. The van der Waals surface area contributed by atoms with Crippen molar-refractivity contribution in [2.45, 2.75) is 6.42 Å². The van der Waals surface area contributed by atoms with E-state index in [4.69, 9.17) is 11.6 Å². The second-order valence-electron chi connectivity index (χ2n) is 2.54. The number of anilines is 1. The van der Waals surface area contributed by atoms with Crippen LogP contribution in [-0.4, -0.2) is 10.9 Å². The van der Waals surface area contributed by atoms with Crippen molar-refractivity contribution < 1.29 is 4.79 Å². The minimum atomic E-state index is -0.129. The van der Waals surface area contributed by atoms with Gasteiger partial charge < -0.3 is 5.32 Å². The van der Waals surface area contributed by atoms with Gasteiger partial charge in [-0.25, -0.2) is 4.98 Å². The first-order valence-electron chi connectivity index (χ1n) is 3.85. The first-order valence-corrected chi connectivity index (χ1v) is 5.02. The van der Waals surface area contributed by atoms with Crippen LogP contribution in [0.1, 0.15) is 6.42 Å². The van der Waals surface area contributed by atoms with E-state index in [0.29, 0.717) is 15.3 Å². The quantitative estimate of drug-likeness (QED) is 0.680. The lowest BCUT2D eigenvalue weighted by molar-refractivity contribution is -0.115. The van der Waals surface area contributed by atoms with Gasteiger partial charge >= 0.3 is 0 Å². The Morgan fingerprint density at radius 1 is 1.79 bits per heavy atom. The van der Waals surface area contributed by atoms with Gasteiger partial charge in [0.1, 0.15) is 5.15 Å². The van der Waals surface area contributed by atoms with Gasteiger partial charge in [0.2, 0.25) is 5.91 Å². The average Bonchev–Trinajstić information content (AvgIpc) is 2.12. The Kier molecular flexibility index (Phi) is 4.10. The molecule has 0 bridgehead atoms. The minimum Gasteiger partial charge on any atom is -0.324 e. The molecule has 74 valence electrons. The topological polar surface area (TPSA) is 42.0 Å². The van der Waals surface area contributed by atoms with Crippen LogP contribution in [0.3, 0.4) is 0 Å². The largest absolute Gasteiger partial charge is 0.324 e. The monoisotopic (exact) mass is 274 g/mol. The molecule has 3 nitrogen and oxygen atoms in total. The number of rotatable bonds is 3. The van der Waals surface area contributed by atoms with E-state index in [2.05, 4.69) is 32.8 Å². The van der Waals surface area contributed by atoms with E-state index in [1.54, 1.807) is 6.07 Å². The number of hydrogen-bond donors (Lipinski definition) is 1. The van der Waals surface area contributed by atoms with Crippen molar-refractivity contribution in [1.29, 1.82) is 0 Å². The SMILES string of the molecule is C=CCC(=O)Nc1cnc(Cl)c(Br)c1. The molecule has 0 unspecified atom stereocenters. The summed E-state index contributed by atoms with van der Waals surface area (Å²) in [6.07, 6.45) is 3.31. The molecular formula is C9H8BrClN2O. The lowest BCUT2D eigenvalue weighted by Gasteiger charge is -2.03. The summed E-state index contributed by atoms with van der Waals surface area (Å²) in [5, 5.41) is 3.02. The van der Waals surface area contributed by atoms with Crippen LogP contribution in [0.25, 0.3) is 0 Å². The Hall–Kier alpha value is -0.870. The summed E-state index contributed by atoms with van der Waals surface area (Å²) in [7, 11) is 0. The summed E-state index contributed by atoms with van der Waals surface area (Å²) in [6, 6.07) is 1.69. The zero-order valence-electron chi connectivity index (χ0n) is 7.26. The van der Waals surface area contributed by atoms with E-state index < -0.39 is 0 Å². The van der Waals surface area contributed by atoms with Crippen LogP contribution in [0.15, 0.2) is 29.4 Å². The fraction of sp³-hybridized carbons (Fsp3) is 0.111. The maximum Gasteiger partial charge on any atom is 0.228 e. The highest BCUT2D eigenvalue weighted by molar-refractivity contribution is 9.10. The van der Waals surface area contributed by atoms with Crippen molar-refractivity contribution in [2.75, 3.05) is 5.32 Å². The summed E-state index contributed by atoms with van der Waals surface area (Å²) in [6.45, 7) is 3.47. The molecule has 0 atom stereocenters. The second kappa shape index (κ2) is 5.12. The zero-order valence-corrected chi connectivity index (χ0v) is 9.60. The Balaban J connectivity index is 2.72. The van der Waals surface area contributed by atoms with Gasteiger partial charge in [0, 0.05) is 6.42 Å². The molecule has 1 heterocycles. The Morgan fingerprint density at radius 3 is 3.07 bits per heavy atom. The number of nitrogens with one attached hydrogen (secondary N) is 1. The maximum atomic E-state index is 11.2. The third kappa shape index (κ3) is 3.12. The van der Waals surface area contributed by atoms with E-state index in [0.717, 1.165) is 0 Å². The molecule has 1 N–H and O–H groups in total. The number of carbonyl (C=O) groups excluding carboxylic acids is 1. The smallest absolute Gasteiger partial charge is 0.228 e. The van der Waals surface area contributed by atoms with Crippen molar-refractivity contribution >= 4 is 39.1 Å². The summed E-state index contributed by atoms with van der Waals surface area (Å²) < 4.78 is 0.649. The van der Waals surface area contributed by atoms with Gasteiger partial charge in [-0.3, -0.25) is 4.79 Å². The molecule has 0 aliphatic rings. The average molecular weight is 276 g/mol. The van der Waals surface area contributed by atoms with Crippen LogP contribution in [0.2, 0.25) is 5.15 Å². The van der Waals surface area contributed by atoms with Crippen LogP contribution in [0.5, 0.6) is 0 Å². The number of pyridine rings is 1. The summed E-state index contributed by atoms with van der Waals surface area (Å²) in [4.78, 5) is 15.0. The van der Waals surface area contributed by atoms with Gasteiger partial charge in [-0.05, 0) is 22.0 Å². The standard InChI is InChI=1S/C9H8BrClN2O/c1-2-3-8(14)13-6-4-7(10)9(11)12-5-6/h2,4-5H,1,3H2,(H,13,14). The number of amides is 1. The molecule has 5 heteroatoms. The first kappa shape index (κ1) is 11.2. The van der Waals surface area contributed by atoms with Crippen LogP contribution < -0.4 is 5.32 Å². The molecule has 1 aromatic rings. The van der Waals surface area contributed by atoms with E-state index in [1.807, 2.05) is 0 Å². The third-order valence-electron chi connectivity index (χ3n) is 1.41. The lowest BCUT2D eigenvalue weighted by atomic mass is 10.3. The second-order valence-corrected chi connectivity index (χ2v) is 3.75. The number of hydrogen-bond acceptors (Lipinski definition) is 2. The van der Waals surface area contributed by atoms with Gasteiger partial charge in [0.25, 0.3) is 0 Å². The molecule has 0 saturated heterocycles. The summed E-state index contributed by atoms with van der Waals surface area (Å²) >= 11 is 8.90. The normalized spacial score (nSPS) is 9.57. The molecule has 0 saturated carbocycles. The summed E-state index contributed by atoms with van der Waals surface area (Å²) in [5.41, 5.74) is 0.605. The molecule has 1 rings (SSSR count). The molecule has 0 aromatic carbocycles. The Bertz CT molecular complexity index is 368. The zero-order chi connectivity index (χ0) is 10.6. The lowest BCUT2D eigenvalue weighted by Crippen LogP contribution is -2.09. The van der Waals surface area contributed by atoms with Crippen LogP contribution in [0.4, 0.5) is 5.69 Å². The van der Waals surface area contributed by atoms with Gasteiger partial charge in [0.05, 0.1) is 16.4 Å². The number of aromatic nitrogens is 1.